The molecule has 4 nitrogen and oxygen atoms in total. The van der Waals surface area contributed by atoms with E-state index in [2.05, 4.69) is 44.4 Å². The quantitative estimate of drug-likeness (QED) is 0.876. The number of hydrogen-bond donors (Lipinski definition) is 2. The summed E-state index contributed by atoms with van der Waals surface area (Å²) in [5.41, 5.74) is 1.90. The van der Waals surface area contributed by atoms with Crippen molar-refractivity contribution in [2.24, 2.45) is 5.41 Å². The van der Waals surface area contributed by atoms with Gasteiger partial charge in [-0.1, -0.05) is 33.8 Å². The Labute approximate surface area is 127 Å². The molecule has 4 heteroatoms. The molecule has 0 saturated heterocycles. The monoisotopic (exact) mass is 290 g/mol. The Morgan fingerprint density at radius 1 is 1.38 bits per heavy atom. The Bertz CT molecular complexity index is 512. The van der Waals surface area contributed by atoms with Gasteiger partial charge in [-0.25, -0.2) is 0 Å². The van der Waals surface area contributed by atoms with E-state index in [9.17, 15) is 4.79 Å². The maximum absolute atomic E-state index is 12.1. The molecule has 1 aliphatic rings. The average Bonchev–Trinajstić information content (AvgIpc) is 2.66. The van der Waals surface area contributed by atoms with E-state index < -0.39 is 0 Å². The van der Waals surface area contributed by atoms with E-state index in [1.54, 1.807) is 0 Å². The van der Waals surface area contributed by atoms with Crippen LogP contribution in [0.25, 0.3) is 0 Å². The lowest BCUT2D eigenvalue weighted by molar-refractivity contribution is 0.0957. The number of hydrogen-bond acceptors (Lipinski definition) is 3. The molecule has 116 valence electrons. The third-order valence-electron chi connectivity index (χ3n) is 4.33. The lowest BCUT2D eigenvalue weighted by Gasteiger charge is -2.35. The molecule has 0 aliphatic carbocycles. The molecule has 2 N–H and O–H groups in total. The van der Waals surface area contributed by atoms with E-state index in [4.69, 9.17) is 4.74 Å². The Kier molecular flexibility index (Phi) is 4.88. The average molecular weight is 290 g/mol. The number of benzene rings is 1. The van der Waals surface area contributed by atoms with Gasteiger partial charge in [-0.2, -0.15) is 0 Å². The topological polar surface area (TPSA) is 50.4 Å². The molecule has 0 radical (unpaired) electrons. The summed E-state index contributed by atoms with van der Waals surface area (Å²) in [7, 11) is 0. The molecule has 1 aromatic carbocycles. The number of nitrogens with one attached hydrogen (secondary N) is 2. The molecule has 0 saturated carbocycles. The van der Waals surface area contributed by atoms with Crippen molar-refractivity contribution < 1.29 is 9.53 Å². The van der Waals surface area contributed by atoms with Crippen molar-refractivity contribution in [3.05, 3.63) is 29.3 Å². The van der Waals surface area contributed by atoms with Gasteiger partial charge in [-0.3, -0.25) is 4.79 Å². The lowest BCUT2D eigenvalue weighted by atomic mass is 9.78. The maximum Gasteiger partial charge on any atom is 0.255 e. The van der Waals surface area contributed by atoms with E-state index in [1.807, 2.05) is 12.1 Å². The zero-order chi connectivity index (χ0) is 15.5. The minimum Gasteiger partial charge on any atom is -0.491 e. The summed E-state index contributed by atoms with van der Waals surface area (Å²) in [5, 5.41) is 6.42. The van der Waals surface area contributed by atoms with Crippen molar-refractivity contribution in [1.82, 2.24) is 10.6 Å². The number of carbonyl (C=O) groups excluding carboxylic acids is 1. The first-order valence-corrected chi connectivity index (χ1v) is 7.78. The summed E-state index contributed by atoms with van der Waals surface area (Å²) >= 11 is 0. The molecule has 1 aromatic rings. The highest BCUT2D eigenvalue weighted by molar-refractivity contribution is 5.97. The van der Waals surface area contributed by atoms with Gasteiger partial charge in [0.2, 0.25) is 0 Å². The van der Waals surface area contributed by atoms with Crippen LogP contribution in [0.3, 0.4) is 0 Å². The molecule has 0 aromatic heterocycles. The van der Waals surface area contributed by atoms with Crippen LogP contribution in [0.1, 0.15) is 56.1 Å². The Hall–Kier alpha value is -1.55. The molecule has 21 heavy (non-hydrogen) atoms. The van der Waals surface area contributed by atoms with Crippen molar-refractivity contribution in [2.75, 3.05) is 19.7 Å². The van der Waals surface area contributed by atoms with Crippen LogP contribution in [0.15, 0.2) is 18.2 Å². The normalized spacial score (nSPS) is 16.5. The molecule has 2 rings (SSSR count). The second-order valence-corrected chi connectivity index (χ2v) is 6.19. The van der Waals surface area contributed by atoms with Crippen LogP contribution in [-0.4, -0.2) is 25.6 Å². The molecule has 1 aliphatic heterocycles. The molecule has 0 bridgehead atoms. The van der Waals surface area contributed by atoms with Gasteiger partial charge in [0, 0.05) is 6.04 Å². The number of ether oxygens (including phenoxy) is 1. The van der Waals surface area contributed by atoms with Crippen LogP contribution >= 0.6 is 0 Å². The fourth-order valence-electron chi connectivity index (χ4n) is 2.70. The third-order valence-corrected chi connectivity index (χ3v) is 4.33. The first-order chi connectivity index (χ1) is 9.99. The molecule has 1 atom stereocenters. The number of carbonyl (C=O) groups is 1. The van der Waals surface area contributed by atoms with Gasteiger partial charge in [0.05, 0.1) is 12.1 Å². The predicted octanol–water partition coefficient (Wildman–Crippen LogP) is 2.90. The summed E-state index contributed by atoms with van der Waals surface area (Å²) in [6.07, 6.45) is 1.06. The summed E-state index contributed by atoms with van der Waals surface area (Å²) in [5.74, 6) is 0.632. The smallest absolute Gasteiger partial charge is 0.255 e. The molecule has 1 amide bonds. The van der Waals surface area contributed by atoms with Gasteiger partial charge < -0.3 is 15.4 Å². The molecular weight excluding hydrogens is 264 g/mol. The molecule has 1 heterocycles. The largest absolute Gasteiger partial charge is 0.491 e. The van der Waals surface area contributed by atoms with Crippen molar-refractivity contribution in [3.8, 4) is 5.75 Å². The second kappa shape index (κ2) is 6.48. The van der Waals surface area contributed by atoms with Gasteiger partial charge in [0.1, 0.15) is 12.4 Å². The first-order valence-electron chi connectivity index (χ1n) is 7.78. The summed E-state index contributed by atoms with van der Waals surface area (Å²) in [6.45, 7) is 10.8. The zero-order valence-electron chi connectivity index (χ0n) is 13.5. The van der Waals surface area contributed by atoms with E-state index in [-0.39, 0.29) is 17.4 Å². The molecule has 1 unspecified atom stereocenters. The highest BCUT2D eigenvalue weighted by Gasteiger charge is 2.29. The standard InChI is InChI=1S/C17H26N2O2/c1-5-17(3,4)15(18-6-2)12-7-8-14-13(11-12)16(20)19-9-10-21-14/h7-8,11,15,18H,5-6,9-10H2,1-4H3,(H,19,20). The Balaban J connectivity index is 2.41. The van der Waals surface area contributed by atoms with Crippen molar-refractivity contribution >= 4 is 5.91 Å². The Morgan fingerprint density at radius 2 is 2.14 bits per heavy atom. The lowest BCUT2D eigenvalue weighted by Crippen LogP contribution is -2.34. The SMILES string of the molecule is CCNC(c1ccc2c(c1)C(=O)NCCO2)C(C)(C)CC. The maximum atomic E-state index is 12.1. The fraction of sp³-hybridized carbons (Fsp3) is 0.588. The van der Waals surface area contributed by atoms with Crippen LogP contribution in [0.2, 0.25) is 0 Å². The van der Waals surface area contributed by atoms with E-state index in [1.165, 1.54) is 0 Å². The molecular formula is C17H26N2O2. The highest BCUT2D eigenvalue weighted by Crippen LogP contribution is 2.37. The summed E-state index contributed by atoms with van der Waals surface area (Å²) < 4.78 is 5.62. The van der Waals surface area contributed by atoms with E-state index in [0.29, 0.717) is 24.5 Å². The van der Waals surface area contributed by atoms with Gasteiger partial charge in [-0.15, -0.1) is 0 Å². The van der Waals surface area contributed by atoms with Crippen molar-refractivity contribution in [1.29, 1.82) is 0 Å². The van der Waals surface area contributed by atoms with Crippen LogP contribution in [0.5, 0.6) is 5.75 Å². The van der Waals surface area contributed by atoms with Crippen LogP contribution in [0.4, 0.5) is 0 Å². The summed E-state index contributed by atoms with van der Waals surface area (Å²) in [6, 6.07) is 6.18. The fourth-order valence-corrected chi connectivity index (χ4v) is 2.70. The van der Waals surface area contributed by atoms with Gasteiger partial charge in [0.25, 0.3) is 5.91 Å². The van der Waals surface area contributed by atoms with Gasteiger partial charge in [0.15, 0.2) is 0 Å². The van der Waals surface area contributed by atoms with E-state index >= 15 is 0 Å². The second-order valence-electron chi connectivity index (χ2n) is 6.19. The number of amides is 1. The molecule has 0 spiro atoms. The minimum absolute atomic E-state index is 0.0473. The van der Waals surface area contributed by atoms with Gasteiger partial charge >= 0.3 is 0 Å². The predicted molar refractivity (Wildman–Crippen MR) is 84.8 cm³/mol. The third kappa shape index (κ3) is 3.38. The molecule has 0 fully saturated rings. The van der Waals surface area contributed by atoms with Crippen LogP contribution < -0.4 is 15.4 Å². The highest BCUT2D eigenvalue weighted by atomic mass is 16.5. The first kappa shape index (κ1) is 15.8. The minimum atomic E-state index is -0.0473. The van der Waals surface area contributed by atoms with Crippen molar-refractivity contribution in [2.45, 2.75) is 40.2 Å². The number of rotatable bonds is 5. The Morgan fingerprint density at radius 3 is 2.81 bits per heavy atom. The van der Waals surface area contributed by atoms with Crippen LogP contribution in [-0.2, 0) is 0 Å². The van der Waals surface area contributed by atoms with Gasteiger partial charge in [-0.05, 0) is 36.1 Å². The zero-order valence-corrected chi connectivity index (χ0v) is 13.5. The number of fused-ring (bicyclic) bond motifs is 1. The van der Waals surface area contributed by atoms with Crippen LogP contribution in [0, 0.1) is 5.41 Å². The van der Waals surface area contributed by atoms with E-state index in [0.717, 1.165) is 18.5 Å². The van der Waals surface area contributed by atoms with Crippen molar-refractivity contribution in [3.63, 3.8) is 0 Å². The summed E-state index contributed by atoms with van der Waals surface area (Å²) in [4.78, 5) is 12.1.